The Kier molecular flexibility index (Phi) is 6.61. The second kappa shape index (κ2) is 7.75. The average Bonchev–Trinajstić information content (AvgIpc) is 2.36. The van der Waals surface area contributed by atoms with E-state index in [9.17, 15) is 14.3 Å². The van der Waals surface area contributed by atoms with E-state index in [0.29, 0.717) is 17.4 Å². The summed E-state index contributed by atoms with van der Waals surface area (Å²) in [6.45, 7) is 5.57. The van der Waals surface area contributed by atoms with E-state index < -0.39 is 11.7 Å². The second-order valence-electron chi connectivity index (χ2n) is 5.88. The molecule has 21 heavy (non-hydrogen) atoms. The van der Waals surface area contributed by atoms with Crippen molar-refractivity contribution < 1.29 is 19.0 Å². The molecule has 0 bridgehead atoms. The summed E-state index contributed by atoms with van der Waals surface area (Å²) in [6, 6.07) is 4.71. The number of carbonyl (C=O) groups is 1. The van der Waals surface area contributed by atoms with E-state index in [-0.39, 0.29) is 18.3 Å². The van der Waals surface area contributed by atoms with Gasteiger partial charge in [-0.25, -0.2) is 9.18 Å². The van der Waals surface area contributed by atoms with Crippen molar-refractivity contribution in [2.75, 3.05) is 13.2 Å². The molecule has 0 saturated carbocycles. The number of hydrogen-bond acceptors (Lipinski definition) is 3. The van der Waals surface area contributed by atoms with E-state index in [1.807, 2.05) is 0 Å². The van der Waals surface area contributed by atoms with E-state index in [1.165, 1.54) is 6.07 Å². The maximum atomic E-state index is 13.2. The van der Waals surface area contributed by atoms with Crippen LogP contribution < -0.4 is 5.32 Å². The van der Waals surface area contributed by atoms with Crippen molar-refractivity contribution in [1.82, 2.24) is 5.32 Å². The molecule has 1 rings (SSSR count). The van der Waals surface area contributed by atoms with Crippen LogP contribution in [0.4, 0.5) is 9.18 Å². The van der Waals surface area contributed by atoms with Gasteiger partial charge in [0.05, 0.1) is 4.47 Å². The summed E-state index contributed by atoms with van der Waals surface area (Å²) in [5.41, 5.74) is 0.328. The third kappa shape index (κ3) is 6.91. The van der Waals surface area contributed by atoms with Gasteiger partial charge in [-0.2, -0.15) is 0 Å². The number of nitrogens with one attached hydrogen (secondary N) is 1. The molecule has 0 radical (unpaired) electrons. The number of aliphatic hydroxyl groups excluding tert-OH is 1. The molecule has 0 saturated heterocycles. The second-order valence-corrected chi connectivity index (χ2v) is 6.74. The number of carbonyl (C=O) groups excluding carboxylic acids is 1. The monoisotopic (exact) mass is 361 g/mol. The average molecular weight is 362 g/mol. The topological polar surface area (TPSA) is 58.6 Å². The van der Waals surface area contributed by atoms with E-state index in [1.54, 1.807) is 32.9 Å². The lowest BCUT2D eigenvalue weighted by atomic mass is 10.00. The fraction of sp³-hybridized carbons (Fsp3) is 0.533. The van der Waals surface area contributed by atoms with Gasteiger partial charge in [-0.15, -0.1) is 0 Å². The number of benzene rings is 1. The van der Waals surface area contributed by atoms with Gasteiger partial charge in [0.1, 0.15) is 11.4 Å². The van der Waals surface area contributed by atoms with Crippen LogP contribution in [-0.4, -0.2) is 30.0 Å². The van der Waals surface area contributed by atoms with Crippen molar-refractivity contribution in [3.05, 3.63) is 34.1 Å². The lowest BCUT2D eigenvalue weighted by Crippen LogP contribution is -2.36. The molecule has 1 unspecified atom stereocenters. The van der Waals surface area contributed by atoms with E-state index in [2.05, 4.69) is 21.2 Å². The number of hydrogen-bond donors (Lipinski definition) is 2. The largest absolute Gasteiger partial charge is 0.444 e. The van der Waals surface area contributed by atoms with Crippen LogP contribution in [0.5, 0.6) is 0 Å². The lowest BCUT2D eigenvalue weighted by molar-refractivity contribution is 0.0512. The number of halogens is 2. The van der Waals surface area contributed by atoms with Crippen LogP contribution in [0.3, 0.4) is 0 Å². The van der Waals surface area contributed by atoms with Gasteiger partial charge < -0.3 is 15.2 Å². The standard InChI is InChI=1S/C15H21BrFNO3/c1-15(2,3)21-14(20)18-8-11(9-19)6-10-4-5-13(17)12(16)7-10/h4-5,7,11,19H,6,8-9H2,1-3H3,(H,18,20). The van der Waals surface area contributed by atoms with Gasteiger partial charge >= 0.3 is 6.09 Å². The first kappa shape index (κ1) is 17.9. The quantitative estimate of drug-likeness (QED) is 0.845. The van der Waals surface area contributed by atoms with Gasteiger partial charge in [0.25, 0.3) is 0 Å². The van der Waals surface area contributed by atoms with Crippen LogP contribution in [0.1, 0.15) is 26.3 Å². The minimum atomic E-state index is -0.555. The first-order valence-corrected chi connectivity index (χ1v) is 7.52. The summed E-state index contributed by atoms with van der Waals surface area (Å²) in [6.07, 6.45) is 0.0202. The maximum absolute atomic E-state index is 13.2. The number of alkyl carbamates (subject to hydrolysis) is 1. The van der Waals surface area contributed by atoms with Crippen molar-refractivity contribution in [2.24, 2.45) is 5.92 Å². The van der Waals surface area contributed by atoms with Crippen LogP contribution in [0.15, 0.2) is 22.7 Å². The van der Waals surface area contributed by atoms with E-state index in [4.69, 9.17) is 4.74 Å². The van der Waals surface area contributed by atoms with Gasteiger partial charge in [-0.3, -0.25) is 0 Å². The highest BCUT2D eigenvalue weighted by molar-refractivity contribution is 9.10. The summed E-state index contributed by atoms with van der Waals surface area (Å²) < 4.78 is 18.7. The SMILES string of the molecule is CC(C)(C)OC(=O)NCC(CO)Cc1ccc(F)c(Br)c1. The normalized spacial score (nSPS) is 12.9. The first-order valence-electron chi connectivity index (χ1n) is 6.73. The first-order chi connectivity index (χ1) is 9.71. The molecule has 0 aliphatic carbocycles. The molecule has 0 spiro atoms. The van der Waals surface area contributed by atoms with Gasteiger partial charge in [0, 0.05) is 19.1 Å². The van der Waals surface area contributed by atoms with Crippen LogP contribution >= 0.6 is 15.9 Å². The third-order valence-corrected chi connectivity index (χ3v) is 3.31. The van der Waals surface area contributed by atoms with E-state index >= 15 is 0 Å². The predicted molar refractivity (Wildman–Crippen MR) is 82.6 cm³/mol. The number of ether oxygens (including phenoxy) is 1. The molecule has 0 fully saturated rings. The molecule has 118 valence electrons. The van der Waals surface area contributed by atoms with Crippen molar-refractivity contribution in [2.45, 2.75) is 32.8 Å². The Balaban J connectivity index is 2.51. The molecule has 1 aromatic carbocycles. The summed E-state index contributed by atoms with van der Waals surface area (Å²) >= 11 is 3.13. The molecule has 0 aliphatic rings. The highest BCUT2D eigenvalue weighted by Crippen LogP contribution is 2.19. The fourth-order valence-electron chi connectivity index (χ4n) is 1.74. The molecular weight excluding hydrogens is 341 g/mol. The lowest BCUT2D eigenvalue weighted by Gasteiger charge is -2.21. The minimum Gasteiger partial charge on any atom is -0.444 e. The van der Waals surface area contributed by atoms with Crippen molar-refractivity contribution in [1.29, 1.82) is 0 Å². The van der Waals surface area contributed by atoms with Crippen LogP contribution in [-0.2, 0) is 11.2 Å². The number of aliphatic hydroxyl groups is 1. The molecule has 1 aromatic rings. The Bertz CT molecular complexity index is 488. The van der Waals surface area contributed by atoms with E-state index in [0.717, 1.165) is 5.56 Å². The number of rotatable bonds is 5. The summed E-state index contributed by atoms with van der Waals surface area (Å²) in [7, 11) is 0. The van der Waals surface area contributed by atoms with Crippen molar-refractivity contribution >= 4 is 22.0 Å². The molecule has 1 amide bonds. The Morgan fingerprint density at radius 1 is 1.48 bits per heavy atom. The Morgan fingerprint density at radius 2 is 2.14 bits per heavy atom. The molecule has 4 nitrogen and oxygen atoms in total. The Hall–Kier alpha value is -1.14. The van der Waals surface area contributed by atoms with Gasteiger partial charge in [0.2, 0.25) is 0 Å². The van der Waals surface area contributed by atoms with Crippen molar-refractivity contribution in [3.8, 4) is 0 Å². The summed E-state index contributed by atoms with van der Waals surface area (Å²) in [5, 5.41) is 12.0. The fourth-order valence-corrected chi connectivity index (χ4v) is 2.17. The molecule has 1 atom stereocenters. The minimum absolute atomic E-state index is 0.0786. The summed E-state index contributed by atoms with van der Waals surface area (Å²) in [4.78, 5) is 11.6. The van der Waals surface area contributed by atoms with Crippen LogP contribution in [0.2, 0.25) is 0 Å². The zero-order valence-corrected chi connectivity index (χ0v) is 14.0. The molecule has 0 aliphatic heterocycles. The smallest absolute Gasteiger partial charge is 0.407 e. The third-order valence-electron chi connectivity index (χ3n) is 2.70. The van der Waals surface area contributed by atoms with Crippen molar-refractivity contribution in [3.63, 3.8) is 0 Å². The van der Waals surface area contributed by atoms with Crippen LogP contribution in [0.25, 0.3) is 0 Å². The molecule has 2 N–H and O–H groups in total. The number of amides is 1. The Labute approximate surface area is 132 Å². The van der Waals surface area contributed by atoms with Gasteiger partial charge in [0.15, 0.2) is 0 Å². The molecular formula is C15H21BrFNO3. The molecule has 0 aromatic heterocycles. The van der Waals surface area contributed by atoms with Crippen LogP contribution in [0, 0.1) is 11.7 Å². The molecule has 6 heteroatoms. The Morgan fingerprint density at radius 3 is 2.67 bits per heavy atom. The predicted octanol–water partition coefficient (Wildman–Crippen LogP) is 3.26. The zero-order valence-electron chi connectivity index (χ0n) is 12.5. The van der Waals surface area contributed by atoms with Gasteiger partial charge in [-0.05, 0) is 60.8 Å². The van der Waals surface area contributed by atoms with Gasteiger partial charge in [-0.1, -0.05) is 6.07 Å². The summed E-state index contributed by atoms with van der Waals surface area (Å²) in [5.74, 6) is -0.485. The molecule has 0 heterocycles. The maximum Gasteiger partial charge on any atom is 0.407 e. The highest BCUT2D eigenvalue weighted by Gasteiger charge is 2.17. The zero-order chi connectivity index (χ0) is 16.0. The highest BCUT2D eigenvalue weighted by atomic mass is 79.9.